The molecule has 18 heavy (non-hydrogen) atoms. The van der Waals surface area contributed by atoms with Crippen LogP contribution in [0, 0.1) is 3.57 Å². The highest BCUT2D eigenvalue weighted by atomic mass is 127. The van der Waals surface area contributed by atoms with Crippen molar-refractivity contribution in [3.05, 3.63) is 32.3 Å². The Morgan fingerprint density at radius 3 is 2.33 bits per heavy atom. The SMILES string of the molecule is CC1(C)OC(=O)C(=Ic2cccc(Br)c2)C(=O)O1. The molecule has 0 radical (unpaired) electrons. The number of hydrogen-bond donors (Lipinski definition) is 0. The topological polar surface area (TPSA) is 52.6 Å². The van der Waals surface area contributed by atoms with Gasteiger partial charge < -0.3 is 9.47 Å². The van der Waals surface area contributed by atoms with E-state index in [9.17, 15) is 9.59 Å². The average molecular weight is 425 g/mol. The van der Waals surface area contributed by atoms with Crippen molar-refractivity contribution in [1.29, 1.82) is 0 Å². The third-order valence-electron chi connectivity index (χ3n) is 2.03. The van der Waals surface area contributed by atoms with Crippen LogP contribution in [0.15, 0.2) is 28.7 Å². The van der Waals surface area contributed by atoms with E-state index >= 15 is 0 Å². The monoisotopic (exact) mass is 424 g/mol. The summed E-state index contributed by atoms with van der Waals surface area (Å²) < 4.78 is 12.1. The molecular weight excluding hydrogens is 415 g/mol. The first-order valence-corrected chi connectivity index (χ1v) is 8.06. The predicted octanol–water partition coefficient (Wildman–Crippen LogP) is 2.60. The van der Waals surface area contributed by atoms with Crippen molar-refractivity contribution >= 4 is 52.1 Å². The molecule has 0 spiro atoms. The second-order valence-corrected chi connectivity index (χ2v) is 7.81. The van der Waals surface area contributed by atoms with E-state index in [0.29, 0.717) is 0 Å². The van der Waals surface area contributed by atoms with Gasteiger partial charge in [0.15, 0.2) is 3.51 Å². The Kier molecular flexibility index (Phi) is 3.86. The van der Waals surface area contributed by atoms with E-state index in [0.717, 1.165) is 8.04 Å². The molecule has 0 bridgehead atoms. The van der Waals surface area contributed by atoms with Crippen LogP contribution in [0.2, 0.25) is 0 Å². The first-order chi connectivity index (χ1) is 8.37. The van der Waals surface area contributed by atoms with Crippen LogP contribution in [0.25, 0.3) is 0 Å². The van der Waals surface area contributed by atoms with Crippen LogP contribution >= 0.6 is 36.7 Å². The molecule has 0 aromatic heterocycles. The minimum Gasteiger partial charge on any atom is -0.419 e. The van der Waals surface area contributed by atoms with Crippen molar-refractivity contribution in [3.63, 3.8) is 0 Å². The molecule has 1 aliphatic rings. The quantitative estimate of drug-likeness (QED) is 0.513. The molecule has 0 unspecified atom stereocenters. The summed E-state index contributed by atoms with van der Waals surface area (Å²) in [5.74, 6) is -2.30. The molecule has 0 amide bonds. The molecule has 1 heterocycles. The molecule has 0 aliphatic carbocycles. The number of halogens is 2. The van der Waals surface area contributed by atoms with Gasteiger partial charge in [-0.3, -0.25) is 0 Å². The fraction of sp³-hybridized carbons (Fsp3) is 0.250. The molecule has 1 saturated heterocycles. The Bertz CT molecular complexity index is 529. The first kappa shape index (κ1) is 13.7. The maximum absolute atomic E-state index is 11.8. The van der Waals surface area contributed by atoms with Crippen LogP contribution in [-0.2, 0) is 19.1 Å². The number of hydrogen-bond acceptors (Lipinski definition) is 4. The molecule has 0 saturated carbocycles. The Morgan fingerprint density at radius 1 is 1.17 bits per heavy atom. The molecule has 6 heteroatoms. The summed E-state index contributed by atoms with van der Waals surface area (Å²) in [7, 11) is 0. The van der Waals surface area contributed by atoms with Crippen LogP contribution in [0.3, 0.4) is 0 Å². The average Bonchev–Trinajstić information content (AvgIpc) is 2.22. The van der Waals surface area contributed by atoms with Crippen molar-refractivity contribution in [2.24, 2.45) is 0 Å². The van der Waals surface area contributed by atoms with Gasteiger partial charge in [-0.05, 0) is 18.2 Å². The van der Waals surface area contributed by atoms with Gasteiger partial charge in [-0.1, -0.05) is 42.7 Å². The fourth-order valence-corrected chi connectivity index (χ4v) is 4.33. The highest BCUT2D eigenvalue weighted by molar-refractivity contribution is 14.2. The number of benzene rings is 1. The molecule has 1 aliphatic heterocycles. The number of cyclic esters (lactones) is 2. The van der Waals surface area contributed by atoms with E-state index in [1.165, 1.54) is 13.8 Å². The van der Waals surface area contributed by atoms with Gasteiger partial charge in [0.25, 0.3) is 5.79 Å². The molecule has 2 rings (SSSR count). The molecule has 1 aromatic carbocycles. The first-order valence-electron chi connectivity index (χ1n) is 5.11. The zero-order valence-electron chi connectivity index (χ0n) is 9.70. The van der Waals surface area contributed by atoms with Crippen molar-refractivity contribution in [3.8, 4) is 0 Å². The maximum atomic E-state index is 11.8. The van der Waals surface area contributed by atoms with E-state index in [2.05, 4.69) is 15.9 Å². The summed E-state index contributed by atoms with van der Waals surface area (Å²) in [6.07, 6.45) is 0. The summed E-state index contributed by atoms with van der Waals surface area (Å²) in [4.78, 5) is 23.5. The molecule has 1 fully saturated rings. The number of rotatable bonds is 1. The Labute approximate surface area is 123 Å². The maximum Gasteiger partial charge on any atom is 0.354 e. The van der Waals surface area contributed by atoms with Crippen molar-refractivity contribution in [2.45, 2.75) is 19.6 Å². The smallest absolute Gasteiger partial charge is 0.354 e. The molecule has 0 N–H and O–H groups in total. The zero-order chi connectivity index (χ0) is 13.3. The number of carbonyl (C=O) groups is 2. The van der Waals surface area contributed by atoms with E-state index in [1.807, 2.05) is 24.3 Å². The highest BCUT2D eigenvalue weighted by Gasteiger charge is 2.39. The van der Waals surface area contributed by atoms with Crippen molar-refractivity contribution < 1.29 is 19.1 Å². The zero-order valence-corrected chi connectivity index (χ0v) is 13.4. The summed E-state index contributed by atoms with van der Waals surface area (Å²) in [6, 6.07) is 7.52. The van der Waals surface area contributed by atoms with E-state index in [1.54, 1.807) is 0 Å². The number of esters is 2. The predicted molar refractivity (Wildman–Crippen MR) is 78.1 cm³/mol. The molecule has 96 valence electrons. The number of ether oxygens (including phenoxy) is 2. The Morgan fingerprint density at radius 2 is 1.78 bits per heavy atom. The lowest BCUT2D eigenvalue weighted by molar-refractivity contribution is -0.214. The van der Waals surface area contributed by atoms with E-state index in [-0.39, 0.29) is 3.51 Å². The van der Waals surface area contributed by atoms with Gasteiger partial charge >= 0.3 is 11.9 Å². The summed E-state index contributed by atoms with van der Waals surface area (Å²) in [5.41, 5.74) is 0. The van der Waals surface area contributed by atoms with E-state index in [4.69, 9.17) is 9.47 Å². The lowest BCUT2D eigenvalue weighted by Crippen LogP contribution is -2.46. The Balaban J connectivity index is 2.34. The van der Waals surface area contributed by atoms with Crippen LogP contribution in [0.1, 0.15) is 13.8 Å². The van der Waals surface area contributed by atoms with Crippen LogP contribution in [0.5, 0.6) is 0 Å². The van der Waals surface area contributed by atoms with Crippen LogP contribution < -0.4 is 0 Å². The normalized spacial score (nSPS) is 18.3. The van der Waals surface area contributed by atoms with Crippen molar-refractivity contribution in [2.75, 3.05) is 0 Å². The van der Waals surface area contributed by atoms with Gasteiger partial charge in [0.1, 0.15) is 0 Å². The van der Waals surface area contributed by atoms with Gasteiger partial charge in [-0.15, -0.1) is 0 Å². The van der Waals surface area contributed by atoms with E-state index < -0.39 is 38.5 Å². The van der Waals surface area contributed by atoms with Crippen molar-refractivity contribution in [1.82, 2.24) is 0 Å². The fourth-order valence-electron chi connectivity index (χ4n) is 1.35. The molecule has 4 nitrogen and oxygen atoms in total. The van der Waals surface area contributed by atoms with Gasteiger partial charge in [-0.25, -0.2) is 9.59 Å². The summed E-state index contributed by atoms with van der Waals surface area (Å²) >= 11 is 2.46. The summed E-state index contributed by atoms with van der Waals surface area (Å²) in [6.45, 7) is 3.08. The standard InChI is InChI=1S/C12H10BrIO4/c1-12(2)17-10(15)9(11(16)18-12)14-8-5-3-4-7(13)6-8/h3-6H,1-2H3. The van der Waals surface area contributed by atoms with Gasteiger partial charge in [-0.2, -0.15) is 0 Å². The number of carbonyl (C=O) groups excluding carboxylic acids is 2. The lowest BCUT2D eigenvalue weighted by atomic mass is 10.3. The third kappa shape index (κ3) is 3.17. The minimum absolute atomic E-state index is 0.131. The molecular formula is C12H10BrIO4. The van der Waals surface area contributed by atoms with Gasteiger partial charge in [0, 0.05) is 21.9 Å². The third-order valence-corrected chi connectivity index (χ3v) is 5.23. The Hall–Kier alpha value is -0.760. The molecule has 0 atom stereocenters. The highest BCUT2D eigenvalue weighted by Crippen LogP contribution is 2.24. The second-order valence-electron chi connectivity index (χ2n) is 4.03. The summed E-state index contributed by atoms with van der Waals surface area (Å²) in [5, 5.41) is 0. The van der Waals surface area contributed by atoms with Crippen LogP contribution in [-0.4, -0.2) is 21.2 Å². The van der Waals surface area contributed by atoms with Gasteiger partial charge in [0.2, 0.25) is 0 Å². The lowest BCUT2D eigenvalue weighted by Gasteiger charge is -2.29. The molecule has 1 aromatic rings. The minimum atomic E-state index is -1.17. The largest absolute Gasteiger partial charge is 0.419 e. The second kappa shape index (κ2) is 5.08. The van der Waals surface area contributed by atoms with Crippen LogP contribution in [0.4, 0.5) is 0 Å². The van der Waals surface area contributed by atoms with Gasteiger partial charge in [0.05, 0.1) is 0 Å².